The zero-order valence-corrected chi connectivity index (χ0v) is 13.3. The Kier molecular flexibility index (Phi) is 3.47. The van der Waals surface area contributed by atoms with Crippen molar-refractivity contribution in [3.05, 3.63) is 58.5 Å². The first-order chi connectivity index (χ1) is 11.3. The standard InChI is InChI=1S/C16H14N6S/c1-11-4-6-12(7-5-11)19-15-14-16(18-10-17-15)22(21-20-14)9-13-3-2-8-23-13/h2-8,10H,9H2,1H3,(H,17,18,19). The van der Waals surface area contributed by atoms with E-state index in [1.807, 2.05) is 35.7 Å². The molecular weight excluding hydrogens is 308 g/mol. The van der Waals surface area contributed by atoms with E-state index in [9.17, 15) is 0 Å². The summed E-state index contributed by atoms with van der Waals surface area (Å²) in [6, 6.07) is 12.2. The molecule has 6 nitrogen and oxygen atoms in total. The van der Waals surface area contributed by atoms with E-state index in [-0.39, 0.29) is 0 Å². The molecule has 0 fully saturated rings. The monoisotopic (exact) mass is 322 g/mol. The van der Waals surface area contributed by atoms with E-state index in [2.05, 4.69) is 38.6 Å². The Morgan fingerprint density at radius 2 is 2.00 bits per heavy atom. The van der Waals surface area contributed by atoms with Gasteiger partial charge in [-0.1, -0.05) is 29.0 Å². The lowest BCUT2D eigenvalue weighted by molar-refractivity contribution is 0.670. The molecule has 0 saturated carbocycles. The van der Waals surface area contributed by atoms with Crippen LogP contribution in [0.3, 0.4) is 0 Å². The zero-order chi connectivity index (χ0) is 15.6. The van der Waals surface area contributed by atoms with Crippen LogP contribution in [0.15, 0.2) is 48.1 Å². The number of aryl methyl sites for hydroxylation is 1. The second kappa shape index (κ2) is 5.77. The minimum atomic E-state index is 0.662. The first-order valence-electron chi connectivity index (χ1n) is 7.20. The molecule has 114 valence electrons. The highest BCUT2D eigenvalue weighted by atomic mass is 32.1. The van der Waals surface area contributed by atoms with E-state index in [1.165, 1.54) is 16.8 Å². The zero-order valence-electron chi connectivity index (χ0n) is 12.5. The molecule has 1 aromatic carbocycles. The summed E-state index contributed by atoms with van der Waals surface area (Å²) in [6.07, 6.45) is 1.53. The van der Waals surface area contributed by atoms with Crippen LogP contribution in [0, 0.1) is 6.92 Å². The Bertz CT molecular complexity index is 927. The van der Waals surface area contributed by atoms with E-state index in [4.69, 9.17) is 0 Å². The third kappa shape index (κ3) is 2.78. The van der Waals surface area contributed by atoms with E-state index in [0.717, 1.165) is 11.3 Å². The topological polar surface area (TPSA) is 68.5 Å². The molecule has 7 heteroatoms. The smallest absolute Gasteiger partial charge is 0.184 e. The van der Waals surface area contributed by atoms with Crippen molar-refractivity contribution in [2.24, 2.45) is 0 Å². The molecule has 0 aliphatic heterocycles. The molecule has 0 unspecified atom stereocenters. The minimum absolute atomic E-state index is 0.662. The number of nitrogens with zero attached hydrogens (tertiary/aromatic N) is 5. The van der Waals surface area contributed by atoms with Crippen LogP contribution in [0.1, 0.15) is 10.4 Å². The Hall–Kier alpha value is -2.80. The number of hydrogen-bond donors (Lipinski definition) is 1. The van der Waals surface area contributed by atoms with Crippen LogP contribution in [0.5, 0.6) is 0 Å². The van der Waals surface area contributed by atoms with Gasteiger partial charge in [0, 0.05) is 10.6 Å². The van der Waals surface area contributed by atoms with Gasteiger partial charge in [-0.25, -0.2) is 14.6 Å². The van der Waals surface area contributed by atoms with Gasteiger partial charge in [0.1, 0.15) is 6.33 Å². The summed E-state index contributed by atoms with van der Waals surface area (Å²) in [5.41, 5.74) is 3.57. The fourth-order valence-corrected chi connectivity index (χ4v) is 3.00. The van der Waals surface area contributed by atoms with Gasteiger partial charge in [0.15, 0.2) is 17.0 Å². The number of fused-ring (bicyclic) bond motifs is 1. The summed E-state index contributed by atoms with van der Waals surface area (Å²) in [6.45, 7) is 2.72. The Morgan fingerprint density at radius 3 is 2.78 bits per heavy atom. The fourth-order valence-electron chi connectivity index (χ4n) is 2.31. The van der Waals surface area contributed by atoms with Gasteiger partial charge in [0.05, 0.1) is 6.54 Å². The molecule has 0 bridgehead atoms. The number of thiophene rings is 1. The normalized spacial score (nSPS) is 11.0. The SMILES string of the molecule is Cc1ccc(Nc2ncnc3c2nnn3Cc2cccs2)cc1. The van der Waals surface area contributed by atoms with Gasteiger partial charge in [0.2, 0.25) is 0 Å². The highest BCUT2D eigenvalue weighted by Gasteiger charge is 2.12. The van der Waals surface area contributed by atoms with Gasteiger partial charge < -0.3 is 5.32 Å². The Morgan fingerprint density at radius 1 is 1.13 bits per heavy atom. The fraction of sp³-hybridized carbons (Fsp3) is 0.125. The van der Waals surface area contributed by atoms with Crippen molar-refractivity contribution >= 4 is 34.0 Å². The molecule has 3 heterocycles. The van der Waals surface area contributed by atoms with Crippen LogP contribution >= 0.6 is 11.3 Å². The van der Waals surface area contributed by atoms with Gasteiger partial charge in [-0.2, -0.15) is 0 Å². The van der Waals surface area contributed by atoms with Gasteiger partial charge in [-0.15, -0.1) is 16.4 Å². The minimum Gasteiger partial charge on any atom is -0.338 e. The maximum absolute atomic E-state index is 4.33. The summed E-state index contributed by atoms with van der Waals surface area (Å²) in [5, 5.41) is 13.8. The molecule has 4 rings (SSSR count). The van der Waals surface area contributed by atoms with Crippen LogP contribution in [-0.2, 0) is 6.54 Å². The third-order valence-electron chi connectivity index (χ3n) is 3.50. The Labute approximate surface area is 136 Å². The lowest BCUT2D eigenvalue weighted by Gasteiger charge is -2.06. The van der Waals surface area contributed by atoms with Crippen molar-refractivity contribution in [2.75, 3.05) is 5.32 Å². The molecule has 0 atom stereocenters. The summed E-state index contributed by atoms with van der Waals surface area (Å²) in [5.74, 6) is 0.663. The summed E-state index contributed by atoms with van der Waals surface area (Å²) in [4.78, 5) is 9.84. The molecule has 0 radical (unpaired) electrons. The molecule has 1 N–H and O–H groups in total. The lowest BCUT2D eigenvalue weighted by atomic mass is 10.2. The van der Waals surface area contributed by atoms with Gasteiger partial charge in [0.25, 0.3) is 0 Å². The van der Waals surface area contributed by atoms with Gasteiger partial charge >= 0.3 is 0 Å². The molecular formula is C16H14N6S. The molecule has 0 aliphatic carbocycles. The van der Waals surface area contributed by atoms with Crippen molar-refractivity contribution < 1.29 is 0 Å². The molecule has 0 spiro atoms. The number of nitrogens with one attached hydrogen (secondary N) is 1. The second-order valence-electron chi connectivity index (χ2n) is 5.21. The van der Waals surface area contributed by atoms with E-state index in [1.54, 1.807) is 16.0 Å². The van der Waals surface area contributed by atoms with Crippen molar-refractivity contribution in [3.63, 3.8) is 0 Å². The first kappa shape index (κ1) is 13.8. The first-order valence-corrected chi connectivity index (χ1v) is 8.08. The van der Waals surface area contributed by atoms with Crippen LogP contribution in [0.2, 0.25) is 0 Å². The van der Waals surface area contributed by atoms with Gasteiger partial charge in [-0.05, 0) is 30.5 Å². The second-order valence-corrected chi connectivity index (χ2v) is 6.24. The summed E-state index contributed by atoms with van der Waals surface area (Å²) in [7, 11) is 0. The van der Waals surface area contributed by atoms with E-state index in [0.29, 0.717) is 17.9 Å². The molecule has 0 aliphatic rings. The highest BCUT2D eigenvalue weighted by molar-refractivity contribution is 7.09. The van der Waals surface area contributed by atoms with Crippen molar-refractivity contribution in [2.45, 2.75) is 13.5 Å². The van der Waals surface area contributed by atoms with Crippen molar-refractivity contribution in [1.82, 2.24) is 25.0 Å². The average Bonchev–Trinajstić information content (AvgIpc) is 3.21. The van der Waals surface area contributed by atoms with Crippen LogP contribution in [0.25, 0.3) is 11.2 Å². The summed E-state index contributed by atoms with van der Waals surface area (Å²) >= 11 is 1.69. The van der Waals surface area contributed by atoms with Crippen LogP contribution in [0.4, 0.5) is 11.5 Å². The van der Waals surface area contributed by atoms with Crippen molar-refractivity contribution in [3.8, 4) is 0 Å². The lowest BCUT2D eigenvalue weighted by Crippen LogP contribution is -2.02. The quantitative estimate of drug-likeness (QED) is 0.624. The largest absolute Gasteiger partial charge is 0.338 e. The van der Waals surface area contributed by atoms with E-state index < -0.39 is 0 Å². The predicted octanol–water partition coefficient (Wildman–Crippen LogP) is 3.38. The molecule has 4 aromatic rings. The van der Waals surface area contributed by atoms with E-state index >= 15 is 0 Å². The number of aromatic nitrogens is 5. The molecule has 0 amide bonds. The number of hydrogen-bond acceptors (Lipinski definition) is 6. The third-order valence-corrected chi connectivity index (χ3v) is 4.36. The number of benzene rings is 1. The van der Waals surface area contributed by atoms with Crippen LogP contribution in [-0.4, -0.2) is 25.0 Å². The maximum Gasteiger partial charge on any atom is 0.184 e. The predicted molar refractivity (Wildman–Crippen MR) is 91.0 cm³/mol. The summed E-state index contributed by atoms with van der Waals surface area (Å²) < 4.78 is 1.79. The van der Waals surface area contributed by atoms with Crippen LogP contribution < -0.4 is 5.32 Å². The molecule has 0 saturated heterocycles. The van der Waals surface area contributed by atoms with Gasteiger partial charge in [-0.3, -0.25) is 0 Å². The Balaban J connectivity index is 1.68. The molecule has 23 heavy (non-hydrogen) atoms. The molecule has 3 aromatic heterocycles. The maximum atomic E-state index is 4.33. The number of rotatable bonds is 4. The highest BCUT2D eigenvalue weighted by Crippen LogP contribution is 2.22. The van der Waals surface area contributed by atoms with Crippen molar-refractivity contribution in [1.29, 1.82) is 0 Å². The number of anilines is 2. The average molecular weight is 322 g/mol.